The van der Waals surface area contributed by atoms with E-state index in [0.717, 1.165) is 32.5 Å². The Hall–Kier alpha value is -0.330. The van der Waals surface area contributed by atoms with E-state index in [2.05, 4.69) is 22.0 Å². The van der Waals surface area contributed by atoms with E-state index in [-0.39, 0.29) is 5.54 Å². The van der Waals surface area contributed by atoms with Crippen LogP contribution in [-0.2, 0) is 0 Å². The van der Waals surface area contributed by atoms with Crippen LogP contribution < -0.4 is 5.32 Å². The van der Waals surface area contributed by atoms with Gasteiger partial charge in [0.05, 0.1) is 6.42 Å². The van der Waals surface area contributed by atoms with Gasteiger partial charge in [-0.25, -0.2) is 0 Å². The third kappa shape index (κ3) is 5.22. The Kier molecular flexibility index (Phi) is 6.28. The van der Waals surface area contributed by atoms with E-state index in [9.17, 15) is 13.2 Å². The Morgan fingerprint density at radius 1 is 1.25 bits per heavy atom. The fourth-order valence-corrected chi connectivity index (χ4v) is 2.85. The Bertz CT molecular complexity index is 284. The zero-order valence-corrected chi connectivity index (χ0v) is 13.1. The summed E-state index contributed by atoms with van der Waals surface area (Å²) in [6, 6.07) is -0.531. The number of rotatable bonds is 6. The number of likely N-dealkylation sites (tertiary alicyclic amines) is 1. The van der Waals surface area contributed by atoms with E-state index in [0.29, 0.717) is 6.54 Å². The summed E-state index contributed by atoms with van der Waals surface area (Å²) in [7, 11) is 4.05. The Morgan fingerprint density at radius 3 is 2.20 bits per heavy atom. The lowest BCUT2D eigenvalue weighted by atomic mass is 9.85. The first-order valence-corrected chi connectivity index (χ1v) is 7.38. The summed E-state index contributed by atoms with van der Waals surface area (Å²) in [6.07, 6.45) is -2.86. The third-order valence-corrected chi connectivity index (χ3v) is 4.50. The van der Waals surface area contributed by atoms with Crippen LogP contribution in [0.5, 0.6) is 0 Å². The average molecular weight is 295 g/mol. The largest absolute Gasteiger partial charge is 0.390 e. The number of likely N-dealkylation sites (N-methyl/N-ethyl adjacent to an activating group) is 1. The van der Waals surface area contributed by atoms with Crippen molar-refractivity contribution in [1.29, 1.82) is 0 Å². The first-order valence-electron chi connectivity index (χ1n) is 7.38. The maximum atomic E-state index is 12.4. The molecule has 0 aliphatic carbocycles. The molecular weight excluding hydrogens is 267 g/mol. The molecule has 1 rings (SSSR count). The van der Waals surface area contributed by atoms with Crippen LogP contribution in [0.4, 0.5) is 13.2 Å². The maximum Gasteiger partial charge on any atom is 0.390 e. The predicted molar refractivity (Wildman–Crippen MR) is 75.9 cm³/mol. The molecule has 1 atom stereocenters. The van der Waals surface area contributed by atoms with Gasteiger partial charge in [-0.3, -0.25) is 0 Å². The third-order valence-electron chi connectivity index (χ3n) is 4.50. The summed E-state index contributed by atoms with van der Waals surface area (Å²) >= 11 is 0. The number of nitrogens with zero attached hydrogens (tertiary/aromatic N) is 2. The van der Waals surface area contributed by atoms with E-state index in [1.807, 2.05) is 14.1 Å². The summed E-state index contributed by atoms with van der Waals surface area (Å²) in [4.78, 5) is 4.56. The fraction of sp³-hybridized carbons (Fsp3) is 1.00. The second-order valence-electron chi connectivity index (χ2n) is 6.15. The molecule has 0 aromatic carbocycles. The second kappa shape index (κ2) is 7.09. The van der Waals surface area contributed by atoms with Crippen molar-refractivity contribution in [2.75, 3.05) is 40.3 Å². The minimum absolute atomic E-state index is 0.0223. The van der Waals surface area contributed by atoms with Crippen molar-refractivity contribution in [3.05, 3.63) is 0 Å². The van der Waals surface area contributed by atoms with Crippen LogP contribution in [0.15, 0.2) is 0 Å². The SMILES string of the molecule is CCN1CCC(CNC(C)CC(F)(F)F)(N(C)C)CC1. The van der Waals surface area contributed by atoms with Gasteiger partial charge in [0.1, 0.15) is 0 Å². The standard InChI is InChI=1S/C14H28F3N3/c1-5-20-8-6-13(7-9-20,19(3)4)11-18-12(2)10-14(15,16)17/h12,18H,5-11H2,1-4H3. The summed E-state index contributed by atoms with van der Waals surface area (Å²) in [6.45, 7) is 7.45. The van der Waals surface area contributed by atoms with Crippen LogP contribution in [0.3, 0.4) is 0 Å². The van der Waals surface area contributed by atoms with Crippen molar-refractivity contribution in [3.8, 4) is 0 Å². The van der Waals surface area contributed by atoms with Crippen molar-refractivity contribution in [3.63, 3.8) is 0 Å². The van der Waals surface area contributed by atoms with Gasteiger partial charge in [-0.2, -0.15) is 13.2 Å². The lowest BCUT2D eigenvalue weighted by Gasteiger charge is -2.46. The number of alkyl halides is 3. The average Bonchev–Trinajstić information content (AvgIpc) is 2.34. The number of halogens is 3. The van der Waals surface area contributed by atoms with E-state index in [1.165, 1.54) is 0 Å². The van der Waals surface area contributed by atoms with Crippen molar-refractivity contribution < 1.29 is 13.2 Å². The zero-order chi connectivity index (χ0) is 15.4. The molecule has 1 aliphatic rings. The topological polar surface area (TPSA) is 18.5 Å². The molecular formula is C14H28F3N3. The number of hydrogen-bond donors (Lipinski definition) is 1. The van der Waals surface area contributed by atoms with Crippen molar-refractivity contribution in [1.82, 2.24) is 15.1 Å². The van der Waals surface area contributed by atoms with Crippen LogP contribution in [-0.4, -0.2) is 67.8 Å². The van der Waals surface area contributed by atoms with E-state index in [4.69, 9.17) is 0 Å². The van der Waals surface area contributed by atoms with Crippen LogP contribution in [0.25, 0.3) is 0 Å². The first kappa shape index (κ1) is 17.7. The highest BCUT2D eigenvalue weighted by atomic mass is 19.4. The fourth-order valence-electron chi connectivity index (χ4n) is 2.85. The highest BCUT2D eigenvalue weighted by Gasteiger charge is 2.37. The van der Waals surface area contributed by atoms with Crippen LogP contribution >= 0.6 is 0 Å². The van der Waals surface area contributed by atoms with Gasteiger partial charge >= 0.3 is 6.18 Å². The van der Waals surface area contributed by atoms with Crippen LogP contribution in [0.2, 0.25) is 0 Å². The molecule has 1 saturated heterocycles. The highest BCUT2D eigenvalue weighted by Crippen LogP contribution is 2.27. The quantitative estimate of drug-likeness (QED) is 0.811. The maximum absolute atomic E-state index is 12.4. The lowest BCUT2D eigenvalue weighted by Crippen LogP contribution is -2.58. The lowest BCUT2D eigenvalue weighted by molar-refractivity contribution is -0.139. The number of hydrogen-bond acceptors (Lipinski definition) is 3. The van der Waals surface area contributed by atoms with Gasteiger partial charge in [0.2, 0.25) is 0 Å². The summed E-state index contributed by atoms with van der Waals surface area (Å²) in [5.41, 5.74) is -0.0223. The van der Waals surface area contributed by atoms with Crippen molar-refractivity contribution in [2.45, 2.75) is 50.9 Å². The van der Waals surface area contributed by atoms with Crippen LogP contribution in [0.1, 0.15) is 33.1 Å². The Balaban J connectivity index is 2.52. The minimum atomic E-state index is -4.09. The molecule has 0 amide bonds. The van der Waals surface area contributed by atoms with Gasteiger partial charge < -0.3 is 15.1 Å². The van der Waals surface area contributed by atoms with Gasteiger partial charge in [0, 0.05) is 18.1 Å². The normalized spacial score (nSPS) is 22.2. The smallest absolute Gasteiger partial charge is 0.312 e. The molecule has 0 bridgehead atoms. The molecule has 1 heterocycles. The highest BCUT2D eigenvalue weighted by molar-refractivity contribution is 4.95. The van der Waals surface area contributed by atoms with Gasteiger partial charge in [-0.15, -0.1) is 0 Å². The molecule has 1 N–H and O–H groups in total. The van der Waals surface area contributed by atoms with E-state index >= 15 is 0 Å². The molecule has 120 valence electrons. The van der Waals surface area contributed by atoms with Gasteiger partial charge in [0.25, 0.3) is 0 Å². The molecule has 1 unspecified atom stereocenters. The van der Waals surface area contributed by atoms with Gasteiger partial charge in [-0.1, -0.05) is 6.92 Å². The monoisotopic (exact) mass is 295 g/mol. The summed E-state index contributed by atoms with van der Waals surface area (Å²) < 4.78 is 37.1. The van der Waals surface area contributed by atoms with Crippen LogP contribution in [0, 0.1) is 0 Å². The molecule has 0 saturated carbocycles. The van der Waals surface area contributed by atoms with E-state index in [1.54, 1.807) is 6.92 Å². The predicted octanol–water partition coefficient (Wildman–Crippen LogP) is 2.33. The molecule has 0 aromatic heterocycles. The molecule has 0 aromatic rings. The van der Waals surface area contributed by atoms with Gasteiger partial charge in [0.15, 0.2) is 0 Å². The van der Waals surface area contributed by atoms with Gasteiger partial charge in [-0.05, 0) is 53.5 Å². The number of piperidine rings is 1. The first-order chi connectivity index (χ1) is 9.18. The van der Waals surface area contributed by atoms with Crippen molar-refractivity contribution >= 4 is 0 Å². The molecule has 3 nitrogen and oxygen atoms in total. The number of nitrogens with one attached hydrogen (secondary N) is 1. The molecule has 20 heavy (non-hydrogen) atoms. The Morgan fingerprint density at radius 2 is 1.80 bits per heavy atom. The minimum Gasteiger partial charge on any atom is -0.312 e. The molecule has 6 heteroatoms. The summed E-state index contributed by atoms with van der Waals surface area (Å²) in [5.74, 6) is 0. The Labute approximate surface area is 120 Å². The molecule has 0 radical (unpaired) electrons. The zero-order valence-electron chi connectivity index (χ0n) is 13.1. The second-order valence-corrected chi connectivity index (χ2v) is 6.15. The van der Waals surface area contributed by atoms with E-state index < -0.39 is 18.6 Å². The summed E-state index contributed by atoms with van der Waals surface area (Å²) in [5, 5.41) is 3.08. The van der Waals surface area contributed by atoms with Crippen molar-refractivity contribution in [2.24, 2.45) is 0 Å². The molecule has 0 spiro atoms. The molecule has 1 aliphatic heterocycles. The molecule has 1 fully saturated rings.